The van der Waals surface area contributed by atoms with Crippen LogP contribution in [0.3, 0.4) is 0 Å². The number of nitrogens with two attached hydrogens (primary N) is 1. The van der Waals surface area contributed by atoms with Gasteiger partial charge in [0.15, 0.2) is 0 Å². The van der Waals surface area contributed by atoms with Gasteiger partial charge in [0.25, 0.3) is 5.91 Å². The standard InChI is InChI=1S/C14H16N4O/c1-17-9-16-8-13(17)14(19)18-6-2-3-10-4-5-11(15)7-12(10)18/h4-5,7-9H,2-3,6,15H2,1H3. The molecule has 0 saturated carbocycles. The van der Waals surface area contributed by atoms with E-state index >= 15 is 0 Å². The van der Waals surface area contributed by atoms with E-state index in [1.54, 1.807) is 22.0 Å². The Morgan fingerprint density at radius 1 is 1.42 bits per heavy atom. The fourth-order valence-electron chi connectivity index (χ4n) is 2.50. The molecule has 1 aromatic carbocycles. The lowest BCUT2D eigenvalue weighted by atomic mass is 10.0. The molecule has 0 unspecified atom stereocenters. The van der Waals surface area contributed by atoms with Gasteiger partial charge in [-0.3, -0.25) is 4.79 Å². The second-order valence-corrected chi connectivity index (χ2v) is 4.84. The highest BCUT2D eigenvalue weighted by molar-refractivity contribution is 6.05. The molecule has 1 aliphatic rings. The third kappa shape index (κ3) is 1.97. The van der Waals surface area contributed by atoms with Gasteiger partial charge in [0.1, 0.15) is 5.69 Å². The molecule has 0 saturated heterocycles. The van der Waals surface area contributed by atoms with Crippen LogP contribution in [0.1, 0.15) is 22.5 Å². The Morgan fingerprint density at radius 3 is 3.00 bits per heavy atom. The lowest BCUT2D eigenvalue weighted by Gasteiger charge is -2.29. The monoisotopic (exact) mass is 256 g/mol. The molecule has 0 radical (unpaired) electrons. The number of nitrogen functional groups attached to an aromatic ring is 1. The van der Waals surface area contributed by atoms with Crippen LogP contribution in [0, 0.1) is 0 Å². The fourth-order valence-corrected chi connectivity index (χ4v) is 2.50. The Balaban J connectivity index is 2.02. The van der Waals surface area contributed by atoms with Crippen molar-refractivity contribution in [2.75, 3.05) is 17.2 Å². The van der Waals surface area contributed by atoms with E-state index in [4.69, 9.17) is 5.73 Å². The number of amides is 1. The Kier molecular flexibility index (Phi) is 2.74. The predicted octanol–water partition coefficient (Wildman–Crippen LogP) is 1.60. The van der Waals surface area contributed by atoms with Crippen LogP contribution >= 0.6 is 0 Å². The van der Waals surface area contributed by atoms with E-state index in [0.29, 0.717) is 11.4 Å². The highest BCUT2D eigenvalue weighted by Crippen LogP contribution is 2.30. The Bertz CT molecular complexity index is 632. The first-order valence-electron chi connectivity index (χ1n) is 6.33. The van der Waals surface area contributed by atoms with E-state index < -0.39 is 0 Å². The SMILES string of the molecule is Cn1cncc1C(=O)N1CCCc2ccc(N)cc21. The first-order chi connectivity index (χ1) is 9.16. The Morgan fingerprint density at radius 2 is 2.26 bits per heavy atom. The maximum absolute atomic E-state index is 12.6. The number of imidazole rings is 1. The number of fused-ring (bicyclic) bond motifs is 1. The van der Waals surface area contributed by atoms with E-state index in [-0.39, 0.29) is 5.91 Å². The molecule has 2 heterocycles. The van der Waals surface area contributed by atoms with Crippen molar-refractivity contribution in [2.45, 2.75) is 12.8 Å². The highest BCUT2D eigenvalue weighted by atomic mass is 16.2. The number of carbonyl (C=O) groups excluding carboxylic acids is 1. The van der Waals surface area contributed by atoms with Gasteiger partial charge in [-0.25, -0.2) is 4.98 Å². The normalized spacial score (nSPS) is 14.3. The molecule has 2 N–H and O–H groups in total. The Hall–Kier alpha value is -2.30. The van der Waals surface area contributed by atoms with Crippen molar-refractivity contribution in [3.8, 4) is 0 Å². The van der Waals surface area contributed by atoms with Crippen molar-refractivity contribution in [3.05, 3.63) is 42.0 Å². The molecule has 1 aliphatic heterocycles. The zero-order chi connectivity index (χ0) is 13.4. The average molecular weight is 256 g/mol. The molecule has 0 aliphatic carbocycles. The van der Waals surface area contributed by atoms with Crippen LogP contribution in [0.4, 0.5) is 11.4 Å². The number of carbonyl (C=O) groups is 1. The molecule has 2 aromatic rings. The smallest absolute Gasteiger partial charge is 0.276 e. The van der Waals surface area contributed by atoms with E-state index in [0.717, 1.165) is 25.1 Å². The summed E-state index contributed by atoms with van der Waals surface area (Å²) in [5.74, 6) is -0.0217. The van der Waals surface area contributed by atoms with Crippen molar-refractivity contribution in [3.63, 3.8) is 0 Å². The quantitative estimate of drug-likeness (QED) is 0.788. The van der Waals surface area contributed by atoms with Crippen LogP contribution in [0.2, 0.25) is 0 Å². The first-order valence-corrected chi connectivity index (χ1v) is 6.33. The summed E-state index contributed by atoms with van der Waals surface area (Å²) in [5, 5.41) is 0. The van der Waals surface area contributed by atoms with Crippen LogP contribution in [0.15, 0.2) is 30.7 Å². The number of benzene rings is 1. The molecule has 19 heavy (non-hydrogen) atoms. The molecule has 0 bridgehead atoms. The van der Waals surface area contributed by atoms with Gasteiger partial charge in [-0.2, -0.15) is 0 Å². The average Bonchev–Trinajstić information content (AvgIpc) is 2.83. The van der Waals surface area contributed by atoms with E-state index in [9.17, 15) is 4.79 Å². The van der Waals surface area contributed by atoms with Crippen molar-refractivity contribution in [1.82, 2.24) is 9.55 Å². The molecular formula is C14H16N4O. The first kappa shape index (κ1) is 11.8. The van der Waals surface area contributed by atoms with Gasteiger partial charge in [0.05, 0.1) is 12.5 Å². The number of anilines is 2. The summed E-state index contributed by atoms with van der Waals surface area (Å²) in [4.78, 5) is 18.4. The fraction of sp³-hybridized carbons (Fsp3) is 0.286. The summed E-state index contributed by atoms with van der Waals surface area (Å²) < 4.78 is 1.74. The lowest BCUT2D eigenvalue weighted by molar-refractivity contribution is 0.0977. The number of nitrogens with zero attached hydrogens (tertiary/aromatic N) is 3. The second-order valence-electron chi connectivity index (χ2n) is 4.84. The maximum atomic E-state index is 12.6. The van der Waals surface area contributed by atoms with Crippen molar-refractivity contribution in [1.29, 1.82) is 0 Å². The minimum absolute atomic E-state index is 0.0217. The molecule has 0 fully saturated rings. The number of hydrogen-bond acceptors (Lipinski definition) is 3. The minimum atomic E-state index is -0.0217. The third-order valence-electron chi connectivity index (χ3n) is 3.51. The number of aryl methyl sites for hydroxylation is 2. The summed E-state index contributed by atoms with van der Waals surface area (Å²) in [6, 6.07) is 5.77. The van der Waals surface area contributed by atoms with Crippen molar-refractivity contribution < 1.29 is 4.79 Å². The summed E-state index contributed by atoms with van der Waals surface area (Å²) in [5.41, 5.74) is 9.22. The summed E-state index contributed by atoms with van der Waals surface area (Å²) in [7, 11) is 1.82. The van der Waals surface area contributed by atoms with Gasteiger partial charge in [-0.05, 0) is 30.5 Å². The number of rotatable bonds is 1. The van der Waals surface area contributed by atoms with Crippen LogP contribution in [-0.2, 0) is 13.5 Å². The van der Waals surface area contributed by atoms with Gasteiger partial charge in [0, 0.05) is 25.0 Å². The zero-order valence-electron chi connectivity index (χ0n) is 10.8. The molecule has 98 valence electrons. The zero-order valence-corrected chi connectivity index (χ0v) is 10.8. The van der Waals surface area contributed by atoms with Gasteiger partial charge in [-0.1, -0.05) is 6.07 Å². The summed E-state index contributed by atoms with van der Waals surface area (Å²) in [6.45, 7) is 0.723. The Labute approximate surface area is 111 Å². The molecule has 1 aromatic heterocycles. The molecule has 3 rings (SSSR count). The van der Waals surface area contributed by atoms with E-state index in [1.807, 2.05) is 25.2 Å². The van der Waals surface area contributed by atoms with Crippen LogP contribution in [-0.4, -0.2) is 22.0 Å². The molecule has 0 atom stereocenters. The van der Waals surface area contributed by atoms with Crippen LogP contribution in [0.5, 0.6) is 0 Å². The van der Waals surface area contributed by atoms with Crippen molar-refractivity contribution in [2.24, 2.45) is 7.05 Å². The predicted molar refractivity (Wildman–Crippen MR) is 74.1 cm³/mol. The van der Waals surface area contributed by atoms with Gasteiger partial charge in [-0.15, -0.1) is 0 Å². The summed E-state index contributed by atoms with van der Waals surface area (Å²) in [6.07, 6.45) is 5.20. The minimum Gasteiger partial charge on any atom is -0.399 e. The molecule has 5 nitrogen and oxygen atoms in total. The molecular weight excluding hydrogens is 240 g/mol. The van der Waals surface area contributed by atoms with Gasteiger partial charge >= 0.3 is 0 Å². The number of hydrogen-bond donors (Lipinski definition) is 1. The van der Waals surface area contributed by atoms with Gasteiger partial charge < -0.3 is 15.2 Å². The maximum Gasteiger partial charge on any atom is 0.276 e. The molecule has 1 amide bonds. The van der Waals surface area contributed by atoms with Crippen LogP contribution < -0.4 is 10.6 Å². The number of aromatic nitrogens is 2. The third-order valence-corrected chi connectivity index (χ3v) is 3.51. The van der Waals surface area contributed by atoms with Gasteiger partial charge in [0.2, 0.25) is 0 Å². The summed E-state index contributed by atoms with van der Waals surface area (Å²) >= 11 is 0. The van der Waals surface area contributed by atoms with E-state index in [1.165, 1.54) is 5.56 Å². The second kappa shape index (κ2) is 4.42. The van der Waals surface area contributed by atoms with Crippen LogP contribution in [0.25, 0.3) is 0 Å². The topological polar surface area (TPSA) is 64.2 Å². The molecule has 5 heteroatoms. The largest absolute Gasteiger partial charge is 0.399 e. The molecule has 0 spiro atoms. The van der Waals surface area contributed by atoms with E-state index in [2.05, 4.69) is 4.98 Å². The lowest BCUT2D eigenvalue weighted by Crippen LogP contribution is -2.36. The highest BCUT2D eigenvalue weighted by Gasteiger charge is 2.25. The van der Waals surface area contributed by atoms with Crippen molar-refractivity contribution >= 4 is 17.3 Å².